The molecule has 1 aliphatic rings. The van der Waals surface area contributed by atoms with Crippen molar-refractivity contribution >= 4 is 11.6 Å². The van der Waals surface area contributed by atoms with Crippen molar-refractivity contribution in [2.24, 2.45) is 0 Å². The fourth-order valence-electron chi connectivity index (χ4n) is 3.62. The van der Waals surface area contributed by atoms with Gasteiger partial charge >= 0.3 is 0 Å². The Balaban J connectivity index is 1.23. The van der Waals surface area contributed by atoms with Crippen molar-refractivity contribution in [2.45, 2.75) is 12.8 Å². The second kappa shape index (κ2) is 9.29. The zero-order valence-corrected chi connectivity index (χ0v) is 16.7. The van der Waals surface area contributed by atoms with E-state index in [2.05, 4.69) is 31.3 Å². The van der Waals surface area contributed by atoms with Crippen LogP contribution in [0, 0.1) is 6.57 Å². The van der Waals surface area contributed by atoms with Gasteiger partial charge < -0.3 is 4.90 Å². The van der Waals surface area contributed by atoms with E-state index >= 15 is 0 Å². The summed E-state index contributed by atoms with van der Waals surface area (Å²) in [5.74, 6) is 0.162. The first-order chi connectivity index (χ1) is 14.7. The number of hydrogen-bond donors (Lipinski definition) is 0. The second-order valence-electron chi connectivity index (χ2n) is 7.35. The standard InChI is InChI=1S/C22H23N7O/c1-23-20-4-2-3-18(15-20)9-10-27-11-13-28(14-12-27)22(30)16-19-5-7-21(8-6-19)29-17-24-25-26-29/h2-8,15,17H,9-14,16H2. The maximum absolute atomic E-state index is 12.7. The molecule has 1 amide bonds. The van der Waals surface area contributed by atoms with E-state index in [0.717, 1.165) is 50.4 Å². The zero-order chi connectivity index (χ0) is 20.8. The number of hydrogen-bond acceptors (Lipinski definition) is 5. The fraction of sp³-hybridized carbons (Fsp3) is 0.318. The summed E-state index contributed by atoms with van der Waals surface area (Å²) in [7, 11) is 0. The summed E-state index contributed by atoms with van der Waals surface area (Å²) in [5, 5.41) is 11.1. The van der Waals surface area contributed by atoms with Gasteiger partial charge in [0.2, 0.25) is 5.91 Å². The number of benzene rings is 2. The maximum Gasteiger partial charge on any atom is 0.227 e. The van der Waals surface area contributed by atoms with Gasteiger partial charge in [-0.3, -0.25) is 9.69 Å². The van der Waals surface area contributed by atoms with E-state index in [1.165, 1.54) is 5.56 Å². The van der Waals surface area contributed by atoms with Crippen molar-refractivity contribution < 1.29 is 4.79 Å². The van der Waals surface area contributed by atoms with Gasteiger partial charge in [-0.25, -0.2) is 9.53 Å². The highest BCUT2D eigenvalue weighted by Crippen LogP contribution is 2.15. The Bertz CT molecular complexity index is 1020. The van der Waals surface area contributed by atoms with Crippen LogP contribution in [0.4, 0.5) is 5.69 Å². The lowest BCUT2D eigenvalue weighted by atomic mass is 10.1. The van der Waals surface area contributed by atoms with Gasteiger partial charge in [0.05, 0.1) is 18.7 Å². The molecule has 1 fully saturated rings. The van der Waals surface area contributed by atoms with Gasteiger partial charge in [-0.2, -0.15) is 0 Å². The molecule has 3 aromatic rings. The van der Waals surface area contributed by atoms with Crippen molar-refractivity contribution in [1.29, 1.82) is 0 Å². The molecule has 0 spiro atoms. The summed E-state index contributed by atoms with van der Waals surface area (Å²) in [6.07, 6.45) is 2.87. The van der Waals surface area contributed by atoms with Crippen LogP contribution < -0.4 is 0 Å². The average molecular weight is 401 g/mol. The van der Waals surface area contributed by atoms with E-state index in [4.69, 9.17) is 6.57 Å². The molecular formula is C22H23N7O. The van der Waals surface area contributed by atoms with Crippen molar-refractivity contribution in [3.63, 3.8) is 0 Å². The van der Waals surface area contributed by atoms with Crippen LogP contribution in [-0.2, 0) is 17.6 Å². The number of carbonyl (C=O) groups excluding carboxylic acids is 1. The summed E-state index contributed by atoms with van der Waals surface area (Å²) >= 11 is 0. The second-order valence-corrected chi connectivity index (χ2v) is 7.35. The molecule has 0 saturated carbocycles. The van der Waals surface area contributed by atoms with Crippen LogP contribution in [0.15, 0.2) is 54.9 Å². The highest BCUT2D eigenvalue weighted by atomic mass is 16.2. The molecule has 0 radical (unpaired) electrons. The molecule has 2 aromatic carbocycles. The van der Waals surface area contributed by atoms with Gasteiger partial charge in [0.15, 0.2) is 5.69 Å². The number of rotatable bonds is 6. The van der Waals surface area contributed by atoms with Crippen LogP contribution in [-0.4, -0.2) is 68.6 Å². The minimum Gasteiger partial charge on any atom is -0.340 e. The van der Waals surface area contributed by atoms with E-state index < -0.39 is 0 Å². The Kier molecular flexibility index (Phi) is 6.11. The van der Waals surface area contributed by atoms with Gasteiger partial charge in [-0.05, 0) is 34.5 Å². The van der Waals surface area contributed by atoms with Crippen molar-refractivity contribution in [3.8, 4) is 5.69 Å². The van der Waals surface area contributed by atoms with Gasteiger partial charge in [0, 0.05) is 32.7 Å². The van der Waals surface area contributed by atoms with Gasteiger partial charge in [-0.15, -0.1) is 5.10 Å². The number of nitrogens with zero attached hydrogens (tertiary/aromatic N) is 7. The topological polar surface area (TPSA) is 71.5 Å². The van der Waals surface area contributed by atoms with Crippen molar-refractivity contribution in [1.82, 2.24) is 30.0 Å². The molecule has 8 nitrogen and oxygen atoms in total. The Morgan fingerprint density at radius 2 is 1.83 bits per heavy atom. The lowest BCUT2D eigenvalue weighted by Crippen LogP contribution is -2.49. The lowest BCUT2D eigenvalue weighted by molar-refractivity contribution is -0.132. The SMILES string of the molecule is [C-]#[N+]c1cccc(CCN2CCN(C(=O)Cc3ccc(-n4cnnn4)cc3)CC2)c1. The van der Waals surface area contributed by atoms with Gasteiger partial charge in [0.25, 0.3) is 0 Å². The molecule has 0 atom stereocenters. The third-order valence-electron chi connectivity index (χ3n) is 5.39. The highest BCUT2D eigenvalue weighted by molar-refractivity contribution is 5.79. The number of amides is 1. The van der Waals surface area contributed by atoms with Crippen LogP contribution in [0.25, 0.3) is 10.5 Å². The first-order valence-corrected chi connectivity index (χ1v) is 10.00. The molecular weight excluding hydrogens is 378 g/mol. The minimum atomic E-state index is 0.162. The molecule has 0 aliphatic carbocycles. The van der Waals surface area contributed by atoms with Crippen LogP contribution in [0.3, 0.4) is 0 Å². The van der Waals surface area contributed by atoms with E-state index in [-0.39, 0.29) is 5.91 Å². The zero-order valence-electron chi connectivity index (χ0n) is 16.7. The Labute approximate surface area is 175 Å². The molecule has 2 heterocycles. The molecule has 152 valence electrons. The minimum absolute atomic E-state index is 0.162. The average Bonchev–Trinajstić information content (AvgIpc) is 3.34. The van der Waals surface area contributed by atoms with Gasteiger partial charge in [0.1, 0.15) is 6.33 Å². The molecule has 0 unspecified atom stereocenters. The molecule has 1 aliphatic heterocycles. The number of aromatic nitrogens is 4. The van der Waals surface area contributed by atoms with E-state index in [0.29, 0.717) is 12.1 Å². The molecule has 0 bridgehead atoms. The summed E-state index contributed by atoms with van der Waals surface area (Å²) in [6, 6.07) is 15.5. The largest absolute Gasteiger partial charge is 0.340 e. The van der Waals surface area contributed by atoms with Crippen LogP contribution in [0.2, 0.25) is 0 Å². The molecule has 30 heavy (non-hydrogen) atoms. The van der Waals surface area contributed by atoms with E-state index in [1.54, 1.807) is 11.0 Å². The first-order valence-electron chi connectivity index (χ1n) is 10.00. The summed E-state index contributed by atoms with van der Waals surface area (Å²) in [5.41, 5.74) is 3.73. The molecule has 1 aromatic heterocycles. The molecule has 4 rings (SSSR count). The molecule has 0 N–H and O–H groups in total. The number of carbonyl (C=O) groups is 1. The van der Waals surface area contributed by atoms with Crippen molar-refractivity contribution in [2.75, 3.05) is 32.7 Å². The Morgan fingerprint density at radius 1 is 1.03 bits per heavy atom. The number of tetrazole rings is 1. The lowest BCUT2D eigenvalue weighted by Gasteiger charge is -2.35. The summed E-state index contributed by atoms with van der Waals surface area (Å²) in [4.78, 5) is 20.5. The third kappa shape index (κ3) is 4.88. The van der Waals surface area contributed by atoms with Gasteiger partial charge in [-0.1, -0.05) is 42.0 Å². The van der Waals surface area contributed by atoms with E-state index in [9.17, 15) is 4.79 Å². The monoisotopic (exact) mass is 401 g/mol. The maximum atomic E-state index is 12.7. The van der Waals surface area contributed by atoms with E-state index in [1.807, 2.05) is 47.4 Å². The highest BCUT2D eigenvalue weighted by Gasteiger charge is 2.21. The van der Waals surface area contributed by atoms with Crippen LogP contribution in [0.1, 0.15) is 11.1 Å². The predicted octanol–water partition coefficient (Wildman–Crippen LogP) is 2.14. The fourth-order valence-corrected chi connectivity index (χ4v) is 3.62. The third-order valence-corrected chi connectivity index (χ3v) is 5.39. The van der Waals surface area contributed by atoms with Crippen molar-refractivity contribution in [3.05, 3.63) is 77.4 Å². The van der Waals surface area contributed by atoms with Crippen LogP contribution in [0.5, 0.6) is 0 Å². The van der Waals surface area contributed by atoms with Crippen LogP contribution >= 0.6 is 0 Å². The molecule has 1 saturated heterocycles. The quantitative estimate of drug-likeness (QED) is 0.592. The Morgan fingerprint density at radius 3 is 2.53 bits per heavy atom. The normalized spacial score (nSPS) is 14.4. The molecule has 8 heteroatoms. The summed E-state index contributed by atoms with van der Waals surface area (Å²) in [6.45, 7) is 11.3. The number of piperazine rings is 1. The first kappa shape index (κ1) is 19.7. The Hall–Kier alpha value is -3.57. The smallest absolute Gasteiger partial charge is 0.227 e. The summed E-state index contributed by atoms with van der Waals surface area (Å²) < 4.78 is 1.59. The predicted molar refractivity (Wildman–Crippen MR) is 112 cm³/mol.